The number of carbonyl (C=O) groups is 6. The van der Waals surface area contributed by atoms with Gasteiger partial charge in [-0.2, -0.15) is 15.3 Å². The number of carbonyl (C=O) groups excluding carboxylic acids is 4. The van der Waals surface area contributed by atoms with Crippen molar-refractivity contribution in [3.05, 3.63) is 158 Å². The van der Waals surface area contributed by atoms with Crippen molar-refractivity contribution in [2.45, 2.75) is 183 Å². The second-order valence-corrected chi connectivity index (χ2v) is 26.3. The van der Waals surface area contributed by atoms with E-state index in [1.165, 1.54) is 53.1 Å². The van der Waals surface area contributed by atoms with E-state index >= 15 is 0 Å². The van der Waals surface area contributed by atoms with Crippen LogP contribution >= 0.6 is 0 Å². The van der Waals surface area contributed by atoms with Crippen LogP contribution in [-0.4, -0.2) is 122 Å². The molecular weight excluding hydrogens is 1220 g/mol. The van der Waals surface area contributed by atoms with Crippen molar-refractivity contribution >= 4 is 35.6 Å². The molecule has 0 unspecified atom stereocenters. The summed E-state index contributed by atoms with van der Waals surface area (Å²) >= 11 is 0. The minimum absolute atomic E-state index is 0. The number of nitrogens with zero attached hydrogens (tertiary/aromatic N) is 9. The molecule has 3 aliphatic carbocycles. The summed E-state index contributed by atoms with van der Waals surface area (Å²) in [5.41, 5.74) is 12.8. The van der Waals surface area contributed by atoms with Crippen molar-refractivity contribution in [2.75, 3.05) is 26.2 Å². The molecule has 12 rings (SSSR count). The van der Waals surface area contributed by atoms with Gasteiger partial charge in [-0.25, -0.2) is 13.2 Å². The van der Waals surface area contributed by atoms with E-state index in [1.807, 2.05) is 56.4 Å². The molecule has 3 aliphatic heterocycles. The molecule has 3 aromatic heterocycles. The number of amides is 3. The first-order chi connectivity index (χ1) is 44.2. The smallest absolute Gasteiger partial charge is 0.870 e. The number of carboxylic acids is 2. The molecule has 3 fully saturated rings. The minimum Gasteiger partial charge on any atom is -0.870 e. The van der Waals surface area contributed by atoms with Crippen molar-refractivity contribution in [3.8, 4) is 0 Å². The van der Waals surface area contributed by atoms with E-state index in [0.717, 1.165) is 121 Å². The molecule has 0 saturated heterocycles. The van der Waals surface area contributed by atoms with Crippen LogP contribution in [-0.2, 0) is 92.0 Å². The molecule has 0 bridgehead atoms. The SMILES string of the molecule is CCOC(=O)C1CCC(CC(=O)N2CCc3c(C)nn(Cc4ccc(F)cc4)c3C2)CC1.Cc1nn(Cc2ccc(F)cc2)c2c1CCN(C(=O)CC1CCC(C(=O)O)CC1)C2.Cc1nn(Cc2ccc(F)cc2)c2c1CCN(C(=O)CC1CCC(C(=O)O)CC1)C2.[Na+].[OH-]. The molecule has 94 heavy (non-hydrogen) atoms. The first kappa shape index (κ1) is 72.7. The standard InChI is InChI=1S/C25H32FN3O3.2C23H28FN3O3.Na.H2O/c1-3-32-25(31)20-8-4-18(5-9-20)14-24(30)28-13-12-22-17(2)27-29(23(22)16-28)15-19-6-10-21(26)11-7-19;2*1-15-20-10-11-26(22(28)12-16-2-6-18(7-3-16)23(29)30)14-21(20)27(25-15)13-17-4-8-19(24)9-5-17;;/h6-7,10-11,18,20H,3-5,8-9,12-16H2,1-2H3;2*4-5,8-9,16,18H,2-3,6-7,10-14H2,1H3,(H,29,30);;1H2/q;;;+1;/p-1. The summed E-state index contributed by atoms with van der Waals surface area (Å²) in [6.45, 7) is 13.7. The van der Waals surface area contributed by atoms with Crippen LogP contribution < -0.4 is 29.6 Å². The van der Waals surface area contributed by atoms with Crippen molar-refractivity contribution < 1.29 is 91.9 Å². The quantitative estimate of drug-likeness (QED) is 0.0691. The summed E-state index contributed by atoms with van der Waals surface area (Å²) < 4.78 is 50.6. The number of ether oxygens (including phenoxy) is 1. The Bertz CT molecular complexity index is 3420. The van der Waals surface area contributed by atoms with Gasteiger partial charge in [0.1, 0.15) is 17.5 Å². The first-order valence-electron chi connectivity index (χ1n) is 33.1. The van der Waals surface area contributed by atoms with Crippen LogP contribution in [0.2, 0.25) is 0 Å². The second-order valence-electron chi connectivity index (χ2n) is 26.3. The van der Waals surface area contributed by atoms with Gasteiger partial charge in [0.25, 0.3) is 0 Å². The fourth-order valence-corrected chi connectivity index (χ4v) is 14.6. The number of hydrogen-bond donors (Lipinski definition) is 2. The van der Waals surface area contributed by atoms with Crippen LogP contribution in [0.3, 0.4) is 0 Å². The predicted octanol–water partition coefficient (Wildman–Crippen LogP) is 7.94. The van der Waals surface area contributed by atoms with Gasteiger partial charge in [-0.1, -0.05) is 36.4 Å². The average molecular weight is 1310 g/mol. The summed E-state index contributed by atoms with van der Waals surface area (Å²) in [6, 6.07) is 19.3. The Hall–Kier alpha value is -7.14. The van der Waals surface area contributed by atoms with Crippen LogP contribution in [0.1, 0.15) is 171 Å². The summed E-state index contributed by atoms with van der Waals surface area (Å²) in [6.07, 6.45) is 13.2. The van der Waals surface area contributed by atoms with Gasteiger partial charge >= 0.3 is 47.5 Å². The van der Waals surface area contributed by atoms with Crippen molar-refractivity contribution in [3.63, 3.8) is 0 Å². The Morgan fingerprint density at radius 3 is 0.968 bits per heavy atom. The van der Waals surface area contributed by atoms with E-state index in [1.54, 1.807) is 36.4 Å². The minimum atomic E-state index is -0.715. The zero-order valence-corrected chi connectivity index (χ0v) is 57.0. The van der Waals surface area contributed by atoms with Crippen molar-refractivity contribution in [2.24, 2.45) is 35.5 Å². The normalized spacial score (nSPS) is 20.6. The number of esters is 1. The molecule has 500 valence electrons. The van der Waals surface area contributed by atoms with Gasteiger partial charge in [0.05, 0.1) is 97.8 Å². The number of aryl methyl sites for hydroxylation is 3. The van der Waals surface area contributed by atoms with Gasteiger partial charge in [-0.05, 0) is 212 Å². The maximum atomic E-state index is 13.2. The van der Waals surface area contributed by atoms with E-state index < -0.39 is 11.9 Å². The van der Waals surface area contributed by atoms with Crippen LogP contribution in [0.15, 0.2) is 72.8 Å². The Balaban J connectivity index is 0.000000179. The number of halogens is 3. The molecule has 0 radical (unpaired) electrons. The Morgan fingerprint density at radius 2 is 0.713 bits per heavy atom. The van der Waals surface area contributed by atoms with Crippen LogP contribution in [0.25, 0.3) is 0 Å². The Morgan fingerprint density at radius 1 is 0.447 bits per heavy atom. The van der Waals surface area contributed by atoms with Crippen molar-refractivity contribution in [1.29, 1.82) is 0 Å². The van der Waals surface area contributed by atoms with Crippen LogP contribution in [0.4, 0.5) is 13.2 Å². The third-order valence-electron chi connectivity index (χ3n) is 20.1. The molecule has 6 aromatic rings. The molecule has 0 spiro atoms. The monoisotopic (exact) mass is 1310 g/mol. The van der Waals surface area contributed by atoms with Crippen LogP contribution in [0.5, 0.6) is 0 Å². The zero-order chi connectivity index (χ0) is 65.2. The average Bonchev–Trinajstić information content (AvgIpc) is 1.65. The number of aliphatic carboxylic acids is 2. The van der Waals surface area contributed by atoms with E-state index in [-0.39, 0.29) is 106 Å². The molecule has 3 N–H and O–H groups in total. The summed E-state index contributed by atoms with van der Waals surface area (Å²) in [7, 11) is 0. The number of benzene rings is 3. The Labute approximate surface area is 570 Å². The van der Waals surface area contributed by atoms with Gasteiger partial charge in [-0.3, -0.25) is 42.8 Å². The summed E-state index contributed by atoms with van der Waals surface area (Å²) in [4.78, 5) is 78.9. The number of carboxylic acid groups (broad SMARTS) is 2. The molecule has 3 aromatic carbocycles. The summed E-state index contributed by atoms with van der Waals surface area (Å²) in [5.74, 6) is -1.44. The van der Waals surface area contributed by atoms with Crippen molar-refractivity contribution in [1.82, 2.24) is 44.0 Å². The van der Waals surface area contributed by atoms with Gasteiger partial charge in [0.15, 0.2) is 0 Å². The number of hydrogen-bond acceptors (Lipinski definition) is 11. The second kappa shape index (κ2) is 33.5. The number of fused-ring (bicyclic) bond motifs is 3. The molecule has 19 nitrogen and oxygen atoms in total. The maximum Gasteiger partial charge on any atom is 1.00 e. The predicted molar refractivity (Wildman–Crippen MR) is 339 cm³/mol. The fraction of sp³-hybridized carbons (Fsp3) is 0.535. The van der Waals surface area contributed by atoms with Gasteiger partial charge in [-0.15, -0.1) is 0 Å². The summed E-state index contributed by atoms with van der Waals surface area (Å²) in [5, 5.41) is 32.3. The molecule has 6 heterocycles. The zero-order valence-electron chi connectivity index (χ0n) is 55.0. The van der Waals surface area contributed by atoms with E-state index in [2.05, 4.69) is 10.2 Å². The third-order valence-corrected chi connectivity index (χ3v) is 20.1. The largest absolute Gasteiger partial charge is 1.00 e. The van der Waals surface area contributed by atoms with E-state index in [0.29, 0.717) is 116 Å². The fourth-order valence-electron chi connectivity index (χ4n) is 14.6. The maximum absolute atomic E-state index is 13.2. The topological polar surface area (TPSA) is 245 Å². The molecule has 0 atom stereocenters. The number of aromatic nitrogens is 6. The first-order valence-corrected chi connectivity index (χ1v) is 33.1. The third kappa shape index (κ3) is 18.7. The Kier molecular flexibility index (Phi) is 25.9. The molecular formula is C71H89F3N9NaO10. The van der Waals surface area contributed by atoms with Gasteiger partial charge in [0.2, 0.25) is 17.7 Å². The molecule has 23 heteroatoms. The molecule has 6 aliphatic rings. The van der Waals surface area contributed by atoms with E-state index in [9.17, 15) is 41.9 Å². The molecule has 3 amide bonds. The molecule has 3 saturated carbocycles. The van der Waals surface area contributed by atoms with Gasteiger partial charge < -0.3 is 35.1 Å². The van der Waals surface area contributed by atoms with E-state index in [4.69, 9.17) is 20.0 Å². The van der Waals surface area contributed by atoms with Crippen LogP contribution in [0, 0.1) is 73.7 Å². The van der Waals surface area contributed by atoms with Gasteiger partial charge in [0, 0.05) is 38.9 Å². The number of rotatable bonds is 16.